The average Bonchev–Trinajstić information content (AvgIpc) is 2.92. The molecule has 0 fully saturated rings. The summed E-state index contributed by atoms with van der Waals surface area (Å²) >= 11 is 0. The lowest BCUT2D eigenvalue weighted by Gasteiger charge is -2.10. The molecule has 10 heteroatoms. The SMILES string of the molecule is COc1cc(C=C(C)C(=O)On2c(O)ccc2O)c([N+](=O)[O-])cc1OC. The minimum Gasteiger partial charge on any atom is -0.493 e. The van der Waals surface area contributed by atoms with Gasteiger partial charge >= 0.3 is 5.97 Å². The molecule has 2 N–H and O–H groups in total. The van der Waals surface area contributed by atoms with E-state index in [4.69, 9.17) is 14.3 Å². The van der Waals surface area contributed by atoms with Gasteiger partial charge in [0.05, 0.1) is 30.8 Å². The van der Waals surface area contributed by atoms with E-state index in [-0.39, 0.29) is 28.3 Å². The number of rotatable bonds is 6. The molecule has 0 aliphatic heterocycles. The van der Waals surface area contributed by atoms with Gasteiger partial charge in [-0.15, -0.1) is 4.73 Å². The van der Waals surface area contributed by atoms with E-state index in [1.54, 1.807) is 0 Å². The van der Waals surface area contributed by atoms with E-state index in [2.05, 4.69) is 0 Å². The predicted molar refractivity (Wildman–Crippen MR) is 89.2 cm³/mol. The molecule has 0 bridgehead atoms. The van der Waals surface area contributed by atoms with Crippen molar-refractivity contribution in [3.8, 4) is 23.3 Å². The number of ether oxygens (including phenoxy) is 2. The van der Waals surface area contributed by atoms with Gasteiger partial charge in [0.2, 0.25) is 11.8 Å². The van der Waals surface area contributed by atoms with Crippen LogP contribution in [0.1, 0.15) is 12.5 Å². The Kier molecular flexibility index (Phi) is 5.36. The lowest BCUT2D eigenvalue weighted by molar-refractivity contribution is -0.385. The molecule has 0 radical (unpaired) electrons. The van der Waals surface area contributed by atoms with Crippen molar-refractivity contribution < 1.29 is 34.2 Å². The van der Waals surface area contributed by atoms with E-state index in [1.165, 1.54) is 39.4 Å². The molecule has 0 atom stereocenters. The molecule has 138 valence electrons. The fraction of sp³-hybridized carbons (Fsp3) is 0.188. The van der Waals surface area contributed by atoms with Gasteiger partial charge in [-0.2, -0.15) is 0 Å². The van der Waals surface area contributed by atoms with Gasteiger partial charge in [0.25, 0.3) is 5.69 Å². The number of nitro benzene ring substituents is 1. The van der Waals surface area contributed by atoms with Gasteiger partial charge in [0.15, 0.2) is 11.5 Å². The number of methoxy groups -OCH3 is 2. The zero-order valence-corrected chi connectivity index (χ0v) is 14.1. The van der Waals surface area contributed by atoms with Crippen LogP contribution < -0.4 is 14.3 Å². The van der Waals surface area contributed by atoms with Gasteiger partial charge < -0.3 is 24.5 Å². The van der Waals surface area contributed by atoms with Crippen LogP contribution in [0, 0.1) is 10.1 Å². The summed E-state index contributed by atoms with van der Waals surface area (Å²) in [7, 11) is 2.71. The van der Waals surface area contributed by atoms with Crippen molar-refractivity contribution in [2.75, 3.05) is 14.2 Å². The molecular formula is C16H16N2O8. The van der Waals surface area contributed by atoms with E-state index in [0.717, 1.165) is 12.1 Å². The molecule has 1 aromatic carbocycles. The Morgan fingerprint density at radius 2 is 1.69 bits per heavy atom. The van der Waals surface area contributed by atoms with Crippen molar-refractivity contribution in [3.05, 3.63) is 45.5 Å². The number of aromatic nitrogens is 1. The molecule has 0 saturated heterocycles. The summed E-state index contributed by atoms with van der Waals surface area (Å²) in [5.41, 5.74) is -0.239. The normalized spacial score (nSPS) is 11.1. The maximum absolute atomic E-state index is 12.1. The first kappa shape index (κ1) is 18.6. The van der Waals surface area contributed by atoms with Crippen LogP contribution >= 0.6 is 0 Å². The number of nitrogens with zero attached hydrogens (tertiary/aromatic N) is 2. The van der Waals surface area contributed by atoms with E-state index in [0.29, 0.717) is 4.73 Å². The van der Waals surface area contributed by atoms with Gasteiger partial charge in [0, 0.05) is 17.7 Å². The van der Waals surface area contributed by atoms with E-state index in [1.807, 2.05) is 0 Å². The van der Waals surface area contributed by atoms with Crippen LogP contribution in [0.4, 0.5) is 5.69 Å². The second-order valence-corrected chi connectivity index (χ2v) is 5.07. The monoisotopic (exact) mass is 364 g/mol. The average molecular weight is 364 g/mol. The largest absolute Gasteiger partial charge is 0.493 e. The van der Waals surface area contributed by atoms with Crippen molar-refractivity contribution in [2.24, 2.45) is 0 Å². The first-order chi connectivity index (χ1) is 12.3. The first-order valence-corrected chi connectivity index (χ1v) is 7.19. The molecule has 0 saturated carbocycles. The highest BCUT2D eigenvalue weighted by molar-refractivity contribution is 5.94. The molecule has 2 rings (SSSR count). The maximum atomic E-state index is 12.1. The summed E-state index contributed by atoms with van der Waals surface area (Å²) < 4.78 is 10.7. The lowest BCUT2D eigenvalue weighted by Crippen LogP contribution is -2.19. The smallest absolute Gasteiger partial charge is 0.359 e. The minimum atomic E-state index is -0.934. The highest BCUT2D eigenvalue weighted by Gasteiger charge is 2.20. The fourth-order valence-electron chi connectivity index (χ4n) is 2.10. The van der Waals surface area contributed by atoms with Gasteiger partial charge in [-0.25, -0.2) is 4.79 Å². The minimum absolute atomic E-state index is 0.0205. The standard InChI is InChI=1S/C16H16N2O8/c1-9(16(21)26-17-14(19)4-5-15(17)20)6-10-7-12(24-2)13(25-3)8-11(10)18(22)23/h4-8,19-20H,1-3H3. The van der Waals surface area contributed by atoms with Crippen LogP contribution in [-0.2, 0) is 4.79 Å². The molecule has 1 aromatic heterocycles. The third-order valence-electron chi connectivity index (χ3n) is 3.40. The first-order valence-electron chi connectivity index (χ1n) is 7.19. The Hall–Kier alpha value is -3.69. The summed E-state index contributed by atoms with van der Waals surface area (Å²) in [5.74, 6) is -1.50. The van der Waals surface area contributed by atoms with Crippen LogP contribution in [0.2, 0.25) is 0 Å². The molecule has 0 unspecified atom stereocenters. The molecule has 10 nitrogen and oxygen atoms in total. The third kappa shape index (κ3) is 3.69. The number of carbonyl (C=O) groups is 1. The van der Waals surface area contributed by atoms with Crippen LogP contribution in [0.25, 0.3) is 6.08 Å². The molecule has 1 heterocycles. The van der Waals surface area contributed by atoms with Gasteiger partial charge in [0.1, 0.15) is 0 Å². The summed E-state index contributed by atoms with van der Waals surface area (Å²) in [6.07, 6.45) is 1.22. The number of hydrogen-bond acceptors (Lipinski definition) is 8. The fourth-order valence-corrected chi connectivity index (χ4v) is 2.10. The molecular weight excluding hydrogens is 348 g/mol. The number of benzene rings is 1. The Morgan fingerprint density at radius 1 is 1.15 bits per heavy atom. The van der Waals surface area contributed by atoms with Crippen molar-refractivity contribution in [3.63, 3.8) is 0 Å². The summed E-state index contributed by atoms with van der Waals surface area (Å²) in [5, 5.41) is 30.2. The topological polar surface area (TPSA) is 133 Å². The van der Waals surface area contributed by atoms with E-state index < -0.39 is 22.7 Å². The predicted octanol–water partition coefficient (Wildman–Crippen LogP) is 1.88. The highest BCUT2D eigenvalue weighted by Crippen LogP contribution is 2.35. The molecule has 0 amide bonds. The van der Waals surface area contributed by atoms with Crippen molar-refractivity contribution in [1.29, 1.82) is 0 Å². The number of hydrogen-bond donors (Lipinski definition) is 2. The second kappa shape index (κ2) is 7.47. The van der Waals surface area contributed by atoms with E-state index in [9.17, 15) is 25.1 Å². The molecule has 26 heavy (non-hydrogen) atoms. The Bertz CT molecular complexity index is 865. The van der Waals surface area contributed by atoms with Crippen LogP contribution in [0.15, 0.2) is 29.8 Å². The van der Waals surface area contributed by atoms with Crippen molar-refractivity contribution >= 4 is 17.7 Å². The quantitative estimate of drug-likeness (QED) is 0.451. The van der Waals surface area contributed by atoms with Crippen LogP contribution in [-0.4, -0.2) is 40.1 Å². The van der Waals surface area contributed by atoms with E-state index >= 15 is 0 Å². The maximum Gasteiger partial charge on any atom is 0.359 e. The molecule has 0 aliphatic rings. The summed E-state index contributed by atoms with van der Waals surface area (Å²) in [6.45, 7) is 1.36. The van der Waals surface area contributed by atoms with Crippen LogP contribution in [0.3, 0.4) is 0 Å². The molecule has 2 aromatic rings. The van der Waals surface area contributed by atoms with Crippen LogP contribution in [0.5, 0.6) is 23.3 Å². The lowest BCUT2D eigenvalue weighted by atomic mass is 10.1. The second-order valence-electron chi connectivity index (χ2n) is 5.07. The Labute approximate surface area is 147 Å². The van der Waals surface area contributed by atoms with Gasteiger partial charge in [-0.1, -0.05) is 0 Å². The highest BCUT2D eigenvalue weighted by atomic mass is 16.7. The van der Waals surface area contributed by atoms with Crippen molar-refractivity contribution in [1.82, 2.24) is 4.73 Å². The zero-order valence-electron chi connectivity index (χ0n) is 14.1. The number of carbonyl (C=O) groups excluding carboxylic acids is 1. The summed E-state index contributed by atoms with van der Waals surface area (Å²) in [4.78, 5) is 27.6. The number of nitro groups is 1. The Morgan fingerprint density at radius 3 is 2.19 bits per heavy atom. The Balaban J connectivity index is 2.40. The summed E-state index contributed by atoms with van der Waals surface area (Å²) in [6, 6.07) is 4.77. The van der Waals surface area contributed by atoms with Gasteiger partial charge in [-0.05, 0) is 19.1 Å². The third-order valence-corrected chi connectivity index (χ3v) is 3.40. The van der Waals surface area contributed by atoms with Crippen molar-refractivity contribution in [2.45, 2.75) is 6.92 Å². The van der Waals surface area contributed by atoms with Gasteiger partial charge in [-0.3, -0.25) is 10.1 Å². The molecule has 0 aliphatic carbocycles. The number of aromatic hydroxyl groups is 2. The zero-order chi connectivity index (χ0) is 19.4. The molecule has 0 spiro atoms.